The Hall–Kier alpha value is -2.28. The molecule has 2 aromatic rings. The predicted molar refractivity (Wildman–Crippen MR) is 88.3 cm³/mol. The fourth-order valence-corrected chi connectivity index (χ4v) is 2.13. The van der Waals surface area contributed by atoms with Crippen LogP contribution in [0, 0.1) is 0 Å². The lowest BCUT2D eigenvalue weighted by Gasteiger charge is -2.16. The van der Waals surface area contributed by atoms with E-state index in [0.717, 1.165) is 4.47 Å². The molecule has 0 atom stereocenters. The minimum atomic E-state index is -0.421. The number of nitrogens with zero attached hydrogens (tertiary/aromatic N) is 1. The van der Waals surface area contributed by atoms with Gasteiger partial charge in [0.25, 0.3) is 5.91 Å². The largest absolute Gasteiger partial charge is 0.449 e. The zero-order valence-corrected chi connectivity index (χ0v) is 13.8. The van der Waals surface area contributed by atoms with E-state index in [9.17, 15) is 9.59 Å². The summed E-state index contributed by atoms with van der Waals surface area (Å²) in [4.78, 5) is 27.9. The van der Waals surface area contributed by atoms with Crippen molar-refractivity contribution in [2.24, 2.45) is 0 Å². The minimum Gasteiger partial charge on any atom is -0.449 e. The van der Waals surface area contributed by atoms with Crippen LogP contribution in [0.5, 0.6) is 0 Å². The van der Waals surface area contributed by atoms with Crippen molar-refractivity contribution in [1.82, 2.24) is 4.98 Å². The highest BCUT2D eigenvalue weighted by Crippen LogP contribution is 2.18. The fourth-order valence-electron chi connectivity index (χ4n) is 1.79. The molecule has 0 saturated heterocycles. The highest BCUT2D eigenvalue weighted by molar-refractivity contribution is 9.10. The van der Waals surface area contributed by atoms with Gasteiger partial charge in [-0.05, 0) is 53.2 Å². The molecule has 7 heteroatoms. The number of aromatic nitrogens is 1. The molecule has 0 saturated carbocycles. The van der Waals surface area contributed by atoms with Crippen LogP contribution in [0.25, 0.3) is 0 Å². The molecule has 0 aliphatic rings. The van der Waals surface area contributed by atoms with Crippen molar-refractivity contribution >= 4 is 39.3 Å². The van der Waals surface area contributed by atoms with Gasteiger partial charge in [0.2, 0.25) is 0 Å². The van der Waals surface area contributed by atoms with Gasteiger partial charge in [0.05, 0.1) is 6.61 Å². The second-order valence-electron chi connectivity index (χ2n) is 4.49. The van der Waals surface area contributed by atoms with Crippen LogP contribution in [0.4, 0.5) is 16.2 Å². The number of halogens is 1. The van der Waals surface area contributed by atoms with Gasteiger partial charge in [-0.25, -0.2) is 4.79 Å². The normalized spacial score (nSPS) is 10.1. The van der Waals surface area contributed by atoms with Crippen LogP contribution >= 0.6 is 15.9 Å². The average molecular weight is 366 g/mol. The smallest absolute Gasteiger partial charge is 0.413 e. The molecule has 116 valence electrons. The van der Waals surface area contributed by atoms with Crippen molar-refractivity contribution in [3.05, 3.63) is 46.7 Å². The summed E-state index contributed by atoms with van der Waals surface area (Å²) in [6.07, 6.45) is 1.27. The van der Waals surface area contributed by atoms with Gasteiger partial charge in [0.1, 0.15) is 5.69 Å². The van der Waals surface area contributed by atoms with Crippen LogP contribution in [0.3, 0.4) is 0 Å². The van der Waals surface area contributed by atoms with Crippen molar-refractivity contribution in [2.75, 3.05) is 23.9 Å². The summed E-state index contributed by atoms with van der Waals surface area (Å²) in [5, 5.41) is 2.77. The van der Waals surface area contributed by atoms with Crippen molar-refractivity contribution in [3.8, 4) is 0 Å². The number of benzene rings is 1. The Morgan fingerprint density at radius 3 is 2.55 bits per heavy atom. The summed E-state index contributed by atoms with van der Waals surface area (Å²) in [7, 11) is 1.63. The van der Waals surface area contributed by atoms with Crippen molar-refractivity contribution < 1.29 is 14.3 Å². The summed E-state index contributed by atoms with van der Waals surface area (Å²) < 4.78 is 5.73. The maximum absolute atomic E-state index is 12.0. The molecular weight excluding hydrogens is 350 g/mol. The monoisotopic (exact) mass is 365 g/mol. The van der Waals surface area contributed by atoms with Crippen LogP contribution in [-0.4, -0.2) is 30.6 Å². The number of hydrogen-bond donors (Lipinski definition) is 2. The second-order valence-corrected chi connectivity index (χ2v) is 5.41. The summed E-state index contributed by atoms with van der Waals surface area (Å²) in [5.41, 5.74) is 1.77. The van der Waals surface area contributed by atoms with E-state index >= 15 is 0 Å². The van der Waals surface area contributed by atoms with E-state index in [2.05, 4.69) is 26.2 Å². The summed E-state index contributed by atoms with van der Waals surface area (Å²) in [6, 6.07) is 8.61. The number of aromatic amines is 1. The molecule has 2 rings (SSSR count). The highest BCUT2D eigenvalue weighted by atomic mass is 79.9. The molecule has 1 aromatic carbocycles. The van der Waals surface area contributed by atoms with Gasteiger partial charge in [-0.1, -0.05) is 0 Å². The predicted octanol–water partition coefficient (Wildman–Crippen LogP) is 3.62. The Balaban J connectivity index is 2.03. The average Bonchev–Trinajstić information content (AvgIpc) is 2.94. The first-order valence-corrected chi connectivity index (χ1v) is 7.46. The molecule has 0 unspecified atom stereocenters. The standard InChI is InChI=1S/C15H16BrN3O3/c1-3-22-15(21)19(2)12-6-4-11(5-7-12)18-14(20)13-8-10(16)9-17-13/h4-9,17H,3H2,1-2H3,(H,18,20). The molecule has 0 fully saturated rings. The van der Waals surface area contributed by atoms with Crippen LogP contribution in [0.15, 0.2) is 41.0 Å². The SMILES string of the molecule is CCOC(=O)N(C)c1ccc(NC(=O)c2cc(Br)c[nH]2)cc1. The Morgan fingerprint density at radius 2 is 2.00 bits per heavy atom. The summed E-state index contributed by atoms with van der Waals surface area (Å²) in [6.45, 7) is 2.08. The van der Waals surface area contributed by atoms with E-state index < -0.39 is 6.09 Å². The molecular formula is C15H16BrN3O3. The van der Waals surface area contributed by atoms with Gasteiger partial charge in [-0.3, -0.25) is 9.69 Å². The lowest BCUT2D eigenvalue weighted by molar-refractivity contribution is 0.102. The van der Waals surface area contributed by atoms with E-state index in [1.54, 1.807) is 50.5 Å². The number of H-pyrrole nitrogens is 1. The van der Waals surface area contributed by atoms with Gasteiger partial charge in [0, 0.05) is 29.1 Å². The number of carbonyl (C=O) groups is 2. The zero-order chi connectivity index (χ0) is 16.1. The first-order valence-electron chi connectivity index (χ1n) is 6.67. The number of ether oxygens (including phenoxy) is 1. The van der Waals surface area contributed by atoms with E-state index in [1.165, 1.54) is 4.90 Å². The van der Waals surface area contributed by atoms with E-state index in [0.29, 0.717) is 23.7 Å². The summed E-state index contributed by atoms with van der Waals surface area (Å²) >= 11 is 3.28. The molecule has 1 heterocycles. The van der Waals surface area contributed by atoms with Gasteiger partial charge in [0.15, 0.2) is 0 Å². The maximum atomic E-state index is 12.0. The first kappa shape index (κ1) is 16.1. The van der Waals surface area contributed by atoms with Crippen LogP contribution < -0.4 is 10.2 Å². The molecule has 0 aliphatic carbocycles. The van der Waals surface area contributed by atoms with Crippen molar-refractivity contribution in [2.45, 2.75) is 6.92 Å². The van der Waals surface area contributed by atoms with Gasteiger partial charge >= 0.3 is 6.09 Å². The number of amides is 2. The lowest BCUT2D eigenvalue weighted by Crippen LogP contribution is -2.26. The van der Waals surface area contributed by atoms with Crippen LogP contribution in [-0.2, 0) is 4.74 Å². The highest BCUT2D eigenvalue weighted by Gasteiger charge is 2.12. The Bertz CT molecular complexity index is 667. The van der Waals surface area contributed by atoms with Gasteiger partial charge in [-0.15, -0.1) is 0 Å². The van der Waals surface area contributed by atoms with Crippen LogP contribution in [0.2, 0.25) is 0 Å². The third kappa shape index (κ3) is 3.88. The molecule has 0 spiro atoms. The maximum Gasteiger partial charge on any atom is 0.413 e. The lowest BCUT2D eigenvalue weighted by atomic mass is 10.2. The van der Waals surface area contributed by atoms with E-state index in [1.807, 2.05) is 0 Å². The minimum absolute atomic E-state index is 0.239. The number of nitrogens with one attached hydrogen (secondary N) is 2. The van der Waals surface area contributed by atoms with Crippen molar-refractivity contribution in [1.29, 1.82) is 0 Å². The molecule has 0 bridgehead atoms. The topological polar surface area (TPSA) is 74.4 Å². The molecule has 2 amide bonds. The number of rotatable bonds is 4. The van der Waals surface area contributed by atoms with E-state index in [4.69, 9.17) is 4.74 Å². The Kier molecular flexibility index (Phi) is 5.21. The number of carbonyl (C=O) groups excluding carboxylic acids is 2. The zero-order valence-electron chi connectivity index (χ0n) is 12.2. The first-order chi connectivity index (χ1) is 10.5. The molecule has 6 nitrogen and oxygen atoms in total. The molecule has 0 aliphatic heterocycles. The second kappa shape index (κ2) is 7.13. The van der Waals surface area contributed by atoms with Gasteiger partial charge in [-0.2, -0.15) is 0 Å². The third-order valence-corrected chi connectivity index (χ3v) is 3.40. The number of anilines is 2. The van der Waals surface area contributed by atoms with Crippen LogP contribution in [0.1, 0.15) is 17.4 Å². The molecule has 22 heavy (non-hydrogen) atoms. The molecule has 2 N–H and O–H groups in total. The third-order valence-electron chi connectivity index (χ3n) is 2.95. The number of hydrogen-bond acceptors (Lipinski definition) is 3. The summed E-state index contributed by atoms with van der Waals surface area (Å²) in [5.74, 6) is -0.239. The fraction of sp³-hybridized carbons (Fsp3) is 0.200. The molecule has 1 aromatic heterocycles. The quantitative estimate of drug-likeness (QED) is 0.868. The van der Waals surface area contributed by atoms with Gasteiger partial charge < -0.3 is 15.0 Å². The Labute approximate surface area is 136 Å². The molecule has 0 radical (unpaired) electrons. The van der Waals surface area contributed by atoms with E-state index in [-0.39, 0.29) is 5.91 Å². The Morgan fingerprint density at radius 1 is 1.32 bits per heavy atom. The van der Waals surface area contributed by atoms with Crippen molar-refractivity contribution in [3.63, 3.8) is 0 Å².